The zero-order valence-corrected chi connectivity index (χ0v) is 8.44. The van der Waals surface area contributed by atoms with E-state index in [1.54, 1.807) is 16.9 Å². The van der Waals surface area contributed by atoms with Crippen molar-refractivity contribution < 1.29 is 0 Å². The molecule has 0 fully saturated rings. The molecule has 0 amide bonds. The Balaban J connectivity index is 2.41. The van der Waals surface area contributed by atoms with E-state index in [1.165, 1.54) is 0 Å². The minimum absolute atomic E-state index is 0.609. The van der Waals surface area contributed by atoms with Gasteiger partial charge in [-0.05, 0) is 12.3 Å². The van der Waals surface area contributed by atoms with Crippen LogP contribution in [-0.4, -0.2) is 14.6 Å². The molecule has 0 spiro atoms. The summed E-state index contributed by atoms with van der Waals surface area (Å²) in [5, 5.41) is 4.39. The number of rotatable bonds is 2. The first-order valence-electron chi connectivity index (χ1n) is 4.75. The van der Waals surface area contributed by atoms with Crippen molar-refractivity contribution in [2.45, 2.75) is 20.3 Å². The SMILES string of the molecule is CC(C)Cc1cc2ncc(N)cn2n1. The van der Waals surface area contributed by atoms with E-state index in [0.717, 1.165) is 17.8 Å². The molecule has 0 radical (unpaired) electrons. The molecular formula is C10H14N4. The van der Waals surface area contributed by atoms with Crippen LogP contribution in [0.4, 0.5) is 5.69 Å². The van der Waals surface area contributed by atoms with Gasteiger partial charge in [0.25, 0.3) is 0 Å². The minimum atomic E-state index is 0.609. The first-order chi connectivity index (χ1) is 6.65. The highest BCUT2D eigenvalue weighted by Gasteiger charge is 2.04. The fourth-order valence-electron chi connectivity index (χ4n) is 1.46. The summed E-state index contributed by atoms with van der Waals surface area (Å²) in [4.78, 5) is 4.18. The predicted octanol–water partition coefficient (Wildman–Crippen LogP) is 1.51. The van der Waals surface area contributed by atoms with Crippen molar-refractivity contribution in [2.75, 3.05) is 5.73 Å². The molecule has 0 unspecified atom stereocenters. The third-order valence-electron chi connectivity index (χ3n) is 2.00. The van der Waals surface area contributed by atoms with Gasteiger partial charge in [0.15, 0.2) is 5.65 Å². The first kappa shape index (κ1) is 8.99. The number of nitrogens with zero attached hydrogens (tertiary/aromatic N) is 3. The zero-order chi connectivity index (χ0) is 10.1. The van der Waals surface area contributed by atoms with E-state index in [-0.39, 0.29) is 0 Å². The van der Waals surface area contributed by atoms with Crippen molar-refractivity contribution >= 4 is 11.3 Å². The molecule has 4 nitrogen and oxygen atoms in total. The number of fused-ring (bicyclic) bond motifs is 1. The topological polar surface area (TPSA) is 56.2 Å². The highest BCUT2D eigenvalue weighted by atomic mass is 15.2. The van der Waals surface area contributed by atoms with Crippen molar-refractivity contribution in [1.29, 1.82) is 0 Å². The Morgan fingerprint density at radius 1 is 1.50 bits per heavy atom. The van der Waals surface area contributed by atoms with Gasteiger partial charge in [-0.15, -0.1) is 0 Å². The standard InChI is InChI=1S/C10H14N4/c1-7(2)3-9-4-10-12-5-8(11)6-14(10)13-9/h4-7H,3,11H2,1-2H3. The number of hydrogen-bond donors (Lipinski definition) is 1. The highest BCUT2D eigenvalue weighted by molar-refractivity contribution is 5.44. The largest absolute Gasteiger partial charge is 0.396 e. The van der Waals surface area contributed by atoms with Crippen LogP contribution in [0.15, 0.2) is 18.5 Å². The van der Waals surface area contributed by atoms with Crippen molar-refractivity contribution in [1.82, 2.24) is 14.6 Å². The zero-order valence-electron chi connectivity index (χ0n) is 8.44. The predicted molar refractivity (Wildman–Crippen MR) is 55.9 cm³/mol. The maximum absolute atomic E-state index is 5.61. The smallest absolute Gasteiger partial charge is 0.155 e. The van der Waals surface area contributed by atoms with Gasteiger partial charge in [0.05, 0.1) is 23.8 Å². The van der Waals surface area contributed by atoms with E-state index in [2.05, 4.69) is 23.9 Å². The lowest BCUT2D eigenvalue weighted by atomic mass is 10.1. The molecule has 0 aromatic carbocycles. The highest BCUT2D eigenvalue weighted by Crippen LogP contribution is 2.10. The third-order valence-corrected chi connectivity index (χ3v) is 2.00. The molecular weight excluding hydrogens is 176 g/mol. The van der Waals surface area contributed by atoms with E-state index < -0.39 is 0 Å². The summed E-state index contributed by atoms with van der Waals surface area (Å²) in [7, 11) is 0. The van der Waals surface area contributed by atoms with Crippen molar-refractivity contribution in [2.24, 2.45) is 5.92 Å². The summed E-state index contributed by atoms with van der Waals surface area (Å²) in [5.74, 6) is 0.609. The Kier molecular flexibility index (Phi) is 2.11. The lowest BCUT2D eigenvalue weighted by molar-refractivity contribution is 0.630. The molecule has 0 saturated carbocycles. The van der Waals surface area contributed by atoms with Gasteiger partial charge in [-0.2, -0.15) is 5.10 Å². The molecule has 2 aromatic heterocycles. The Bertz CT molecular complexity index is 444. The number of nitrogen functional groups attached to an aromatic ring is 1. The number of hydrogen-bond acceptors (Lipinski definition) is 3. The lowest BCUT2D eigenvalue weighted by Crippen LogP contribution is -1.96. The van der Waals surface area contributed by atoms with Gasteiger partial charge in [0.2, 0.25) is 0 Å². The van der Waals surface area contributed by atoms with Crippen molar-refractivity contribution in [3.63, 3.8) is 0 Å². The molecule has 0 atom stereocenters. The van der Waals surface area contributed by atoms with Crippen LogP contribution in [0.2, 0.25) is 0 Å². The van der Waals surface area contributed by atoms with E-state index in [0.29, 0.717) is 11.6 Å². The first-order valence-corrected chi connectivity index (χ1v) is 4.75. The summed E-state index contributed by atoms with van der Waals surface area (Å²) < 4.78 is 1.73. The quantitative estimate of drug-likeness (QED) is 0.781. The maximum atomic E-state index is 5.61. The average Bonchev–Trinajstić information content (AvgIpc) is 2.44. The van der Waals surface area contributed by atoms with Crippen LogP contribution >= 0.6 is 0 Å². The minimum Gasteiger partial charge on any atom is -0.396 e. The third kappa shape index (κ3) is 1.69. The summed E-state index contributed by atoms with van der Waals surface area (Å²) >= 11 is 0. The summed E-state index contributed by atoms with van der Waals surface area (Å²) in [6, 6.07) is 2.00. The van der Waals surface area contributed by atoms with E-state index in [9.17, 15) is 0 Å². The molecule has 2 N–H and O–H groups in total. The normalized spacial score (nSPS) is 11.4. The molecule has 74 valence electrons. The fourth-order valence-corrected chi connectivity index (χ4v) is 1.46. The summed E-state index contributed by atoms with van der Waals surface area (Å²) in [5.41, 5.74) is 8.17. The second-order valence-electron chi connectivity index (χ2n) is 3.92. The van der Waals surface area contributed by atoms with Crippen molar-refractivity contribution in [3.8, 4) is 0 Å². The molecule has 0 aliphatic rings. The van der Waals surface area contributed by atoms with Gasteiger partial charge < -0.3 is 5.73 Å². The van der Waals surface area contributed by atoms with Crippen LogP contribution in [0.5, 0.6) is 0 Å². The van der Waals surface area contributed by atoms with E-state index >= 15 is 0 Å². The lowest BCUT2D eigenvalue weighted by Gasteiger charge is -1.98. The molecule has 0 bridgehead atoms. The van der Waals surface area contributed by atoms with Gasteiger partial charge >= 0.3 is 0 Å². The van der Waals surface area contributed by atoms with Gasteiger partial charge in [0, 0.05) is 6.07 Å². The van der Waals surface area contributed by atoms with Crippen LogP contribution < -0.4 is 5.73 Å². The second-order valence-corrected chi connectivity index (χ2v) is 3.92. The Morgan fingerprint density at radius 3 is 3.00 bits per heavy atom. The van der Waals surface area contributed by atoms with Crippen LogP contribution in [0.3, 0.4) is 0 Å². The van der Waals surface area contributed by atoms with Gasteiger partial charge in [0.1, 0.15) is 0 Å². The molecule has 2 rings (SSSR count). The Hall–Kier alpha value is -1.58. The van der Waals surface area contributed by atoms with E-state index in [1.807, 2.05) is 6.07 Å². The molecule has 0 aliphatic heterocycles. The maximum Gasteiger partial charge on any atom is 0.155 e. The molecule has 2 heterocycles. The molecule has 2 aromatic rings. The van der Waals surface area contributed by atoms with Crippen molar-refractivity contribution in [3.05, 3.63) is 24.2 Å². The van der Waals surface area contributed by atoms with Crippen LogP contribution in [0.1, 0.15) is 19.5 Å². The second kappa shape index (κ2) is 3.29. The Morgan fingerprint density at radius 2 is 2.29 bits per heavy atom. The summed E-state index contributed by atoms with van der Waals surface area (Å²) in [6.45, 7) is 4.34. The monoisotopic (exact) mass is 190 g/mol. The molecule has 0 aliphatic carbocycles. The number of anilines is 1. The van der Waals surface area contributed by atoms with Gasteiger partial charge in [-0.3, -0.25) is 0 Å². The average molecular weight is 190 g/mol. The number of nitrogens with two attached hydrogens (primary N) is 1. The van der Waals surface area contributed by atoms with Gasteiger partial charge in [-0.1, -0.05) is 13.8 Å². The molecule has 14 heavy (non-hydrogen) atoms. The summed E-state index contributed by atoms with van der Waals surface area (Å²) in [6.07, 6.45) is 4.41. The van der Waals surface area contributed by atoms with Crippen LogP contribution in [-0.2, 0) is 6.42 Å². The fraction of sp³-hybridized carbons (Fsp3) is 0.400. The molecule has 4 heteroatoms. The Labute approximate surface area is 82.8 Å². The van der Waals surface area contributed by atoms with Crippen LogP contribution in [0.25, 0.3) is 5.65 Å². The van der Waals surface area contributed by atoms with Crippen LogP contribution in [0, 0.1) is 5.92 Å². The number of aromatic nitrogens is 3. The van der Waals surface area contributed by atoms with E-state index in [4.69, 9.17) is 5.73 Å². The molecule has 0 saturated heterocycles. The van der Waals surface area contributed by atoms with Gasteiger partial charge in [-0.25, -0.2) is 9.50 Å².